The van der Waals surface area contributed by atoms with E-state index >= 15 is 0 Å². The number of para-hydroxylation sites is 2. The molecule has 15 heavy (non-hydrogen) atoms. The monoisotopic (exact) mass is 283 g/mol. The van der Waals surface area contributed by atoms with Gasteiger partial charge in [0, 0.05) is 11.4 Å². The molecule has 2 rings (SSSR count). The fourth-order valence-electron chi connectivity index (χ4n) is 1.25. The van der Waals surface area contributed by atoms with Crippen LogP contribution in [0.2, 0.25) is 0 Å². The number of phenols is 1. The van der Waals surface area contributed by atoms with E-state index in [9.17, 15) is 5.11 Å². The molecule has 1 aromatic heterocycles. The Bertz CT molecular complexity index is 455. The SMILES string of the molecule is Oc1ccccc1NCc1ccc(Br)s1. The van der Waals surface area contributed by atoms with Crippen LogP contribution in [0.1, 0.15) is 4.88 Å². The molecule has 1 aromatic carbocycles. The maximum absolute atomic E-state index is 9.53. The minimum absolute atomic E-state index is 0.285. The van der Waals surface area contributed by atoms with Crippen LogP contribution in [0.5, 0.6) is 5.75 Å². The zero-order valence-electron chi connectivity index (χ0n) is 7.90. The molecule has 0 bridgehead atoms. The van der Waals surface area contributed by atoms with Crippen LogP contribution in [-0.2, 0) is 6.54 Å². The number of halogens is 1. The third kappa shape index (κ3) is 2.73. The molecule has 4 heteroatoms. The first-order valence-electron chi connectivity index (χ1n) is 4.52. The van der Waals surface area contributed by atoms with Gasteiger partial charge < -0.3 is 10.4 Å². The number of hydrogen-bond acceptors (Lipinski definition) is 3. The summed E-state index contributed by atoms with van der Waals surface area (Å²) in [6.07, 6.45) is 0. The lowest BCUT2D eigenvalue weighted by Crippen LogP contribution is -1.96. The van der Waals surface area contributed by atoms with Gasteiger partial charge in [0.25, 0.3) is 0 Å². The zero-order valence-corrected chi connectivity index (χ0v) is 10.3. The summed E-state index contributed by atoms with van der Waals surface area (Å²) in [5.41, 5.74) is 0.766. The predicted octanol–water partition coefficient (Wildman–Crippen LogP) is 3.83. The Morgan fingerprint density at radius 3 is 2.67 bits per heavy atom. The van der Waals surface area contributed by atoms with Gasteiger partial charge in [0.1, 0.15) is 5.75 Å². The molecule has 0 spiro atoms. The van der Waals surface area contributed by atoms with Gasteiger partial charge in [-0.15, -0.1) is 11.3 Å². The number of phenolic OH excluding ortho intramolecular Hbond substituents is 1. The van der Waals surface area contributed by atoms with E-state index < -0.39 is 0 Å². The van der Waals surface area contributed by atoms with E-state index in [0.717, 1.165) is 16.0 Å². The highest BCUT2D eigenvalue weighted by Gasteiger charge is 2.00. The minimum atomic E-state index is 0.285. The number of aromatic hydroxyl groups is 1. The molecule has 0 saturated heterocycles. The van der Waals surface area contributed by atoms with Gasteiger partial charge >= 0.3 is 0 Å². The fourth-order valence-corrected chi connectivity index (χ4v) is 2.68. The first-order chi connectivity index (χ1) is 7.25. The standard InChI is InChI=1S/C11H10BrNOS/c12-11-6-5-8(15-11)7-13-9-3-1-2-4-10(9)14/h1-6,13-14H,7H2. The molecular formula is C11H10BrNOS. The summed E-state index contributed by atoms with van der Waals surface area (Å²) in [5.74, 6) is 0.285. The Morgan fingerprint density at radius 1 is 1.20 bits per heavy atom. The number of benzene rings is 1. The van der Waals surface area contributed by atoms with Gasteiger partial charge in [-0.3, -0.25) is 0 Å². The van der Waals surface area contributed by atoms with Crippen LogP contribution in [0.3, 0.4) is 0 Å². The highest BCUT2D eigenvalue weighted by molar-refractivity contribution is 9.11. The molecule has 78 valence electrons. The van der Waals surface area contributed by atoms with Crippen molar-refractivity contribution in [3.05, 3.63) is 45.1 Å². The van der Waals surface area contributed by atoms with E-state index in [4.69, 9.17) is 0 Å². The van der Waals surface area contributed by atoms with Crippen molar-refractivity contribution in [1.82, 2.24) is 0 Å². The molecule has 0 amide bonds. The average molecular weight is 284 g/mol. The lowest BCUT2D eigenvalue weighted by atomic mass is 10.3. The average Bonchev–Trinajstić information content (AvgIpc) is 2.63. The Labute approximate surface area is 101 Å². The van der Waals surface area contributed by atoms with E-state index in [2.05, 4.69) is 27.3 Å². The number of thiophene rings is 1. The summed E-state index contributed by atoms with van der Waals surface area (Å²) in [6.45, 7) is 0.730. The molecule has 0 aliphatic rings. The van der Waals surface area contributed by atoms with Crippen LogP contribution < -0.4 is 5.32 Å². The molecule has 0 aliphatic carbocycles. The predicted molar refractivity (Wildman–Crippen MR) is 67.5 cm³/mol. The highest BCUT2D eigenvalue weighted by atomic mass is 79.9. The molecule has 0 radical (unpaired) electrons. The Balaban J connectivity index is 2.02. The van der Waals surface area contributed by atoms with Crippen LogP contribution in [0.15, 0.2) is 40.2 Å². The molecule has 0 aliphatic heterocycles. The van der Waals surface area contributed by atoms with Gasteiger partial charge in [0.05, 0.1) is 9.47 Å². The van der Waals surface area contributed by atoms with Gasteiger partial charge in [-0.2, -0.15) is 0 Å². The third-order valence-corrected chi connectivity index (χ3v) is 3.61. The molecule has 0 atom stereocenters. The first kappa shape index (κ1) is 10.5. The van der Waals surface area contributed by atoms with E-state index in [1.807, 2.05) is 24.3 Å². The molecule has 2 nitrogen and oxygen atoms in total. The van der Waals surface area contributed by atoms with Crippen molar-refractivity contribution in [2.45, 2.75) is 6.54 Å². The molecule has 0 saturated carbocycles. The van der Waals surface area contributed by atoms with Gasteiger partial charge in [-0.05, 0) is 40.2 Å². The molecule has 0 fully saturated rings. The summed E-state index contributed by atoms with van der Waals surface area (Å²) in [6, 6.07) is 11.3. The molecule has 2 aromatic rings. The summed E-state index contributed by atoms with van der Waals surface area (Å²) in [5, 5.41) is 12.7. The molecule has 0 unspecified atom stereocenters. The minimum Gasteiger partial charge on any atom is -0.506 e. The van der Waals surface area contributed by atoms with Crippen LogP contribution >= 0.6 is 27.3 Å². The maximum atomic E-state index is 9.53. The summed E-state index contributed by atoms with van der Waals surface area (Å²) >= 11 is 5.10. The molecule has 1 heterocycles. The van der Waals surface area contributed by atoms with Gasteiger partial charge in [-0.1, -0.05) is 12.1 Å². The van der Waals surface area contributed by atoms with Crippen LogP contribution in [0.25, 0.3) is 0 Å². The second-order valence-corrected chi connectivity index (χ2v) is 5.62. The van der Waals surface area contributed by atoms with Crippen molar-refractivity contribution >= 4 is 33.0 Å². The van der Waals surface area contributed by atoms with E-state index in [1.54, 1.807) is 17.4 Å². The van der Waals surface area contributed by atoms with Crippen molar-refractivity contribution < 1.29 is 5.11 Å². The van der Waals surface area contributed by atoms with Crippen LogP contribution in [-0.4, -0.2) is 5.11 Å². The lowest BCUT2D eigenvalue weighted by Gasteiger charge is -2.06. The van der Waals surface area contributed by atoms with Crippen molar-refractivity contribution in [3.63, 3.8) is 0 Å². The number of rotatable bonds is 3. The quantitative estimate of drug-likeness (QED) is 0.840. The summed E-state index contributed by atoms with van der Waals surface area (Å²) < 4.78 is 1.12. The van der Waals surface area contributed by atoms with Gasteiger partial charge in [0.2, 0.25) is 0 Å². The number of hydrogen-bond donors (Lipinski definition) is 2. The molecule has 2 N–H and O–H groups in total. The van der Waals surface area contributed by atoms with Crippen molar-refractivity contribution in [2.24, 2.45) is 0 Å². The maximum Gasteiger partial charge on any atom is 0.138 e. The fraction of sp³-hybridized carbons (Fsp3) is 0.0909. The topological polar surface area (TPSA) is 32.3 Å². The lowest BCUT2D eigenvalue weighted by molar-refractivity contribution is 0.477. The van der Waals surface area contributed by atoms with Crippen LogP contribution in [0.4, 0.5) is 5.69 Å². The Hall–Kier alpha value is -1.000. The number of anilines is 1. The van der Waals surface area contributed by atoms with Gasteiger partial charge in [0.15, 0.2) is 0 Å². The van der Waals surface area contributed by atoms with E-state index in [0.29, 0.717) is 0 Å². The highest BCUT2D eigenvalue weighted by Crippen LogP contribution is 2.25. The Morgan fingerprint density at radius 2 is 2.00 bits per heavy atom. The van der Waals surface area contributed by atoms with Crippen molar-refractivity contribution in [3.8, 4) is 5.75 Å². The first-order valence-corrected chi connectivity index (χ1v) is 6.13. The normalized spacial score (nSPS) is 10.2. The summed E-state index contributed by atoms with van der Waals surface area (Å²) in [4.78, 5) is 1.23. The largest absolute Gasteiger partial charge is 0.506 e. The third-order valence-electron chi connectivity index (χ3n) is 1.99. The van der Waals surface area contributed by atoms with Gasteiger partial charge in [-0.25, -0.2) is 0 Å². The smallest absolute Gasteiger partial charge is 0.138 e. The van der Waals surface area contributed by atoms with Crippen LogP contribution in [0, 0.1) is 0 Å². The zero-order chi connectivity index (χ0) is 10.7. The van der Waals surface area contributed by atoms with Crippen molar-refractivity contribution in [2.75, 3.05) is 5.32 Å². The summed E-state index contributed by atoms with van der Waals surface area (Å²) in [7, 11) is 0. The Kier molecular flexibility index (Phi) is 3.28. The van der Waals surface area contributed by atoms with E-state index in [-0.39, 0.29) is 5.75 Å². The van der Waals surface area contributed by atoms with E-state index in [1.165, 1.54) is 4.88 Å². The second-order valence-electron chi connectivity index (χ2n) is 3.08. The second kappa shape index (κ2) is 4.68. The number of nitrogens with one attached hydrogen (secondary N) is 1. The molecular weight excluding hydrogens is 274 g/mol. The van der Waals surface area contributed by atoms with Crippen molar-refractivity contribution in [1.29, 1.82) is 0 Å².